The second-order valence-electron chi connectivity index (χ2n) is 5.34. The molecule has 0 saturated heterocycles. The Morgan fingerprint density at radius 1 is 1.32 bits per heavy atom. The van der Waals surface area contributed by atoms with E-state index in [2.05, 4.69) is 45.0 Å². The highest BCUT2D eigenvalue weighted by atomic mass is 79.9. The van der Waals surface area contributed by atoms with E-state index in [1.54, 1.807) is 0 Å². The molecule has 4 heteroatoms. The fourth-order valence-corrected chi connectivity index (χ4v) is 3.28. The maximum absolute atomic E-state index is 9.37. The topological polar surface area (TPSA) is 36.4 Å². The van der Waals surface area contributed by atoms with Crippen LogP contribution in [-0.4, -0.2) is 29.8 Å². The van der Waals surface area contributed by atoms with Crippen molar-refractivity contribution < 1.29 is 5.11 Å². The summed E-state index contributed by atoms with van der Waals surface area (Å²) in [6.07, 6.45) is 3.60. The Balaban J connectivity index is 1.89. The van der Waals surface area contributed by atoms with Crippen LogP contribution < -0.4 is 4.90 Å². The molecule has 0 bridgehead atoms. The summed E-state index contributed by atoms with van der Waals surface area (Å²) in [4.78, 5) is 6.72. The van der Waals surface area contributed by atoms with Gasteiger partial charge in [0.1, 0.15) is 5.82 Å². The molecule has 1 aliphatic rings. The van der Waals surface area contributed by atoms with Gasteiger partial charge >= 0.3 is 0 Å². The van der Waals surface area contributed by atoms with E-state index in [4.69, 9.17) is 0 Å². The molecule has 1 aliphatic carbocycles. The minimum Gasteiger partial charge on any atom is -0.393 e. The first-order chi connectivity index (χ1) is 9.15. The Morgan fingerprint density at radius 2 is 2.11 bits per heavy atom. The molecule has 0 radical (unpaired) electrons. The van der Waals surface area contributed by atoms with E-state index < -0.39 is 0 Å². The molecule has 1 saturated carbocycles. The first-order valence-electron chi connectivity index (χ1n) is 6.57. The number of anilines is 1. The largest absolute Gasteiger partial charge is 0.393 e. The standard InChI is InChI=1S/C15H17BrN2O/c1-18(9-10-7-11(19)8-10)15-13-3-2-4-14(16)12(13)5-6-17-15/h2-6,10-11,19H,7-9H2,1H3. The molecule has 0 atom stereocenters. The van der Waals surface area contributed by atoms with Gasteiger partial charge in [0.05, 0.1) is 6.10 Å². The van der Waals surface area contributed by atoms with Gasteiger partial charge in [0.15, 0.2) is 0 Å². The molecule has 2 aromatic rings. The predicted octanol–water partition coefficient (Wildman–Crippen LogP) is 3.20. The van der Waals surface area contributed by atoms with E-state index in [9.17, 15) is 5.11 Å². The first kappa shape index (κ1) is 12.9. The lowest BCUT2D eigenvalue weighted by atomic mass is 9.82. The zero-order chi connectivity index (χ0) is 13.4. The summed E-state index contributed by atoms with van der Waals surface area (Å²) in [5.74, 6) is 1.60. The molecule has 1 aromatic carbocycles. The second kappa shape index (κ2) is 5.10. The molecule has 1 fully saturated rings. The van der Waals surface area contributed by atoms with Crippen molar-refractivity contribution in [2.24, 2.45) is 5.92 Å². The van der Waals surface area contributed by atoms with E-state index in [0.29, 0.717) is 5.92 Å². The van der Waals surface area contributed by atoms with Crippen LogP contribution in [0, 0.1) is 5.92 Å². The Morgan fingerprint density at radius 3 is 2.84 bits per heavy atom. The molecule has 0 spiro atoms. The number of fused-ring (bicyclic) bond motifs is 1. The summed E-state index contributed by atoms with van der Waals surface area (Å²) < 4.78 is 1.10. The van der Waals surface area contributed by atoms with Gasteiger partial charge < -0.3 is 10.0 Å². The summed E-state index contributed by atoms with van der Waals surface area (Å²) in [7, 11) is 2.08. The highest BCUT2D eigenvalue weighted by Gasteiger charge is 2.28. The molecule has 1 aromatic heterocycles. The first-order valence-corrected chi connectivity index (χ1v) is 7.37. The minimum absolute atomic E-state index is 0.0898. The molecular weight excluding hydrogens is 304 g/mol. The summed E-state index contributed by atoms with van der Waals surface area (Å²) in [5, 5.41) is 11.7. The van der Waals surface area contributed by atoms with E-state index >= 15 is 0 Å². The Labute approximate surface area is 121 Å². The lowest BCUT2D eigenvalue weighted by molar-refractivity contribution is 0.0464. The van der Waals surface area contributed by atoms with Gasteiger partial charge in [-0.3, -0.25) is 0 Å². The van der Waals surface area contributed by atoms with E-state index in [-0.39, 0.29) is 6.10 Å². The molecule has 0 amide bonds. The number of hydrogen-bond acceptors (Lipinski definition) is 3. The molecular formula is C15H17BrN2O. The van der Waals surface area contributed by atoms with Crippen LogP contribution in [-0.2, 0) is 0 Å². The molecule has 19 heavy (non-hydrogen) atoms. The number of aliphatic hydroxyl groups excluding tert-OH is 1. The minimum atomic E-state index is -0.0898. The van der Waals surface area contributed by atoms with Crippen LogP contribution in [0.3, 0.4) is 0 Å². The van der Waals surface area contributed by atoms with Gasteiger partial charge in [-0.05, 0) is 30.9 Å². The Hall–Kier alpha value is -1.13. The number of benzene rings is 1. The Bertz CT molecular complexity index is 596. The molecule has 100 valence electrons. The van der Waals surface area contributed by atoms with Crippen LogP contribution in [0.1, 0.15) is 12.8 Å². The SMILES string of the molecule is CN(CC1CC(O)C1)c1nccc2c(Br)cccc12. The van der Waals surface area contributed by atoms with Crippen molar-refractivity contribution in [2.75, 3.05) is 18.5 Å². The molecule has 0 aliphatic heterocycles. The number of pyridine rings is 1. The van der Waals surface area contributed by atoms with E-state index in [1.807, 2.05) is 18.3 Å². The van der Waals surface area contributed by atoms with Crippen molar-refractivity contribution in [1.82, 2.24) is 4.98 Å². The average molecular weight is 321 g/mol. The van der Waals surface area contributed by atoms with Gasteiger partial charge in [0, 0.05) is 35.0 Å². The molecule has 0 unspecified atom stereocenters. The second-order valence-corrected chi connectivity index (χ2v) is 6.20. The maximum Gasteiger partial charge on any atom is 0.136 e. The predicted molar refractivity (Wildman–Crippen MR) is 81.4 cm³/mol. The monoisotopic (exact) mass is 320 g/mol. The molecule has 3 rings (SSSR count). The van der Waals surface area contributed by atoms with Crippen molar-refractivity contribution in [3.05, 3.63) is 34.9 Å². The summed E-state index contributed by atoms with van der Waals surface area (Å²) in [5.41, 5.74) is 0. The maximum atomic E-state index is 9.37. The van der Waals surface area contributed by atoms with Crippen molar-refractivity contribution in [3.8, 4) is 0 Å². The third-order valence-electron chi connectivity index (χ3n) is 3.84. The van der Waals surface area contributed by atoms with Gasteiger partial charge in [-0.1, -0.05) is 28.1 Å². The molecule has 1 heterocycles. The highest BCUT2D eigenvalue weighted by Crippen LogP contribution is 2.32. The highest BCUT2D eigenvalue weighted by molar-refractivity contribution is 9.10. The average Bonchev–Trinajstić information content (AvgIpc) is 2.37. The van der Waals surface area contributed by atoms with Crippen LogP contribution in [0.4, 0.5) is 5.82 Å². The van der Waals surface area contributed by atoms with Crippen LogP contribution in [0.5, 0.6) is 0 Å². The van der Waals surface area contributed by atoms with Crippen molar-refractivity contribution in [1.29, 1.82) is 0 Å². The smallest absolute Gasteiger partial charge is 0.136 e. The molecule has 3 nitrogen and oxygen atoms in total. The number of nitrogens with zero attached hydrogens (tertiary/aromatic N) is 2. The Kier molecular flexibility index (Phi) is 3.46. The van der Waals surface area contributed by atoms with Gasteiger partial charge in [-0.2, -0.15) is 0 Å². The third kappa shape index (κ3) is 2.47. The van der Waals surface area contributed by atoms with Gasteiger partial charge in [-0.25, -0.2) is 4.98 Å². The quantitative estimate of drug-likeness (QED) is 0.943. The zero-order valence-electron chi connectivity index (χ0n) is 10.9. The summed E-state index contributed by atoms with van der Waals surface area (Å²) in [6, 6.07) is 8.23. The van der Waals surface area contributed by atoms with Crippen molar-refractivity contribution >= 4 is 32.5 Å². The van der Waals surface area contributed by atoms with Gasteiger partial charge in [0.2, 0.25) is 0 Å². The van der Waals surface area contributed by atoms with E-state index in [0.717, 1.165) is 29.7 Å². The normalized spacial score (nSPS) is 22.3. The van der Waals surface area contributed by atoms with Crippen LogP contribution in [0.25, 0.3) is 10.8 Å². The van der Waals surface area contributed by atoms with E-state index in [1.165, 1.54) is 10.8 Å². The summed E-state index contributed by atoms with van der Waals surface area (Å²) in [6.45, 7) is 0.954. The zero-order valence-corrected chi connectivity index (χ0v) is 12.5. The molecule has 1 N–H and O–H groups in total. The van der Waals surface area contributed by atoms with Crippen molar-refractivity contribution in [3.63, 3.8) is 0 Å². The van der Waals surface area contributed by atoms with Gasteiger partial charge in [-0.15, -0.1) is 0 Å². The van der Waals surface area contributed by atoms with Crippen LogP contribution >= 0.6 is 15.9 Å². The summed E-state index contributed by atoms with van der Waals surface area (Å²) >= 11 is 3.58. The fourth-order valence-electron chi connectivity index (χ4n) is 2.78. The van der Waals surface area contributed by atoms with Crippen LogP contribution in [0.15, 0.2) is 34.9 Å². The number of aromatic nitrogens is 1. The lowest BCUT2D eigenvalue weighted by Gasteiger charge is -2.35. The number of aliphatic hydroxyl groups is 1. The lowest BCUT2D eigenvalue weighted by Crippen LogP contribution is -2.37. The third-order valence-corrected chi connectivity index (χ3v) is 4.53. The number of rotatable bonds is 3. The van der Waals surface area contributed by atoms with Gasteiger partial charge in [0.25, 0.3) is 0 Å². The number of hydrogen-bond donors (Lipinski definition) is 1. The number of halogens is 1. The van der Waals surface area contributed by atoms with Crippen molar-refractivity contribution in [2.45, 2.75) is 18.9 Å². The van der Waals surface area contributed by atoms with Crippen LogP contribution in [0.2, 0.25) is 0 Å². The fraction of sp³-hybridized carbons (Fsp3) is 0.400.